The highest BCUT2D eigenvalue weighted by molar-refractivity contribution is 7.80. The van der Waals surface area contributed by atoms with Gasteiger partial charge in [0.2, 0.25) is 0 Å². The third-order valence-corrected chi connectivity index (χ3v) is 5.28. The first-order valence-corrected chi connectivity index (χ1v) is 9.61. The Labute approximate surface area is 174 Å². The van der Waals surface area contributed by atoms with Gasteiger partial charge in [-0.3, -0.25) is 10.1 Å². The number of thiocarbonyl (C=S) groups is 1. The minimum atomic E-state index is -0.394. The maximum Gasteiger partial charge on any atom is 0.294 e. The number of anilines is 1. The fraction of sp³-hybridized carbons (Fsp3) is 0.316. The number of benzene rings is 2. The Morgan fingerprint density at radius 3 is 2.50 bits per heavy atom. The van der Waals surface area contributed by atoms with Crippen LogP contribution in [-0.4, -0.2) is 48.2 Å². The second kappa shape index (κ2) is 9.07. The van der Waals surface area contributed by atoms with Gasteiger partial charge in [0.05, 0.1) is 12.0 Å². The van der Waals surface area contributed by atoms with Crippen molar-refractivity contribution in [3.63, 3.8) is 0 Å². The maximum atomic E-state index is 11.3. The third kappa shape index (κ3) is 4.82. The van der Waals surface area contributed by atoms with Gasteiger partial charge in [0, 0.05) is 43.8 Å². The quantitative estimate of drug-likeness (QED) is 0.451. The minimum Gasteiger partial charge on any atom is -0.497 e. The molecule has 0 bridgehead atoms. The van der Waals surface area contributed by atoms with E-state index in [4.69, 9.17) is 28.6 Å². The molecule has 2 aromatic rings. The van der Waals surface area contributed by atoms with Crippen molar-refractivity contribution < 1.29 is 9.66 Å². The lowest BCUT2D eigenvalue weighted by atomic mass is 10.2. The molecule has 148 valence electrons. The number of methoxy groups -OCH3 is 1. The number of ether oxygens (including phenoxy) is 1. The van der Waals surface area contributed by atoms with Crippen molar-refractivity contribution in [2.24, 2.45) is 0 Å². The van der Waals surface area contributed by atoms with Crippen LogP contribution >= 0.6 is 23.8 Å². The summed E-state index contributed by atoms with van der Waals surface area (Å²) in [7, 11) is 1.64. The fourth-order valence-electron chi connectivity index (χ4n) is 3.09. The molecule has 3 rings (SSSR count). The molecule has 1 aliphatic heterocycles. The molecular formula is C19H21ClN4O3S. The van der Waals surface area contributed by atoms with Crippen LogP contribution in [0.1, 0.15) is 5.56 Å². The van der Waals surface area contributed by atoms with Crippen molar-refractivity contribution in [1.29, 1.82) is 0 Å². The van der Waals surface area contributed by atoms with Gasteiger partial charge in [-0.2, -0.15) is 0 Å². The van der Waals surface area contributed by atoms with E-state index in [9.17, 15) is 10.1 Å². The van der Waals surface area contributed by atoms with E-state index >= 15 is 0 Å². The summed E-state index contributed by atoms with van der Waals surface area (Å²) < 4.78 is 5.16. The number of piperazine rings is 1. The van der Waals surface area contributed by atoms with Gasteiger partial charge in [-0.1, -0.05) is 23.7 Å². The molecule has 1 fully saturated rings. The van der Waals surface area contributed by atoms with Gasteiger partial charge in [-0.25, -0.2) is 0 Å². The number of rotatable bonds is 5. The maximum absolute atomic E-state index is 11.3. The van der Waals surface area contributed by atoms with Crippen LogP contribution in [0.5, 0.6) is 5.75 Å². The molecule has 1 N–H and O–H groups in total. The summed E-state index contributed by atoms with van der Waals surface area (Å²) >= 11 is 11.4. The predicted octanol–water partition coefficient (Wildman–Crippen LogP) is 3.45. The highest BCUT2D eigenvalue weighted by Gasteiger charge is 2.24. The monoisotopic (exact) mass is 420 g/mol. The van der Waals surface area contributed by atoms with Gasteiger partial charge >= 0.3 is 0 Å². The topological polar surface area (TPSA) is 70.9 Å². The molecule has 28 heavy (non-hydrogen) atoms. The van der Waals surface area contributed by atoms with Crippen LogP contribution in [0.2, 0.25) is 5.02 Å². The SMILES string of the molecule is COc1ccc(CNC(=S)N2CCN(c3ccc(Cl)cc3[N+](=O)[O-])CC2)cc1. The summed E-state index contributed by atoms with van der Waals surface area (Å²) in [6, 6.07) is 12.6. The lowest BCUT2D eigenvalue weighted by Gasteiger charge is -2.37. The van der Waals surface area contributed by atoms with E-state index in [0.29, 0.717) is 48.5 Å². The zero-order valence-corrected chi connectivity index (χ0v) is 17.0. The molecule has 0 aliphatic carbocycles. The molecule has 7 nitrogen and oxygen atoms in total. The van der Waals surface area contributed by atoms with E-state index in [1.54, 1.807) is 19.2 Å². The Morgan fingerprint density at radius 2 is 1.89 bits per heavy atom. The van der Waals surface area contributed by atoms with Crippen LogP contribution in [0, 0.1) is 10.1 Å². The molecule has 0 aromatic heterocycles. The van der Waals surface area contributed by atoms with Gasteiger partial charge in [0.1, 0.15) is 11.4 Å². The number of nitro groups is 1. The first-order valence-electron chi connectivity index (χ1n) is 8.82. The van der Waals surface area contributed by atoms with Crippen LogP contribution in [0.25, 0.3) is 0 Å². The lowest BCUT2D eigenvalue weighted by Crippen LogP contribution is -2.51. The summed E-state index contributed by atoms with van der Waals surface area (Å²) in [5.41, 5.74) is 1.73. The molecule has 0 spiro atoms. The van der Waals surface area contributed by atoms with Gasteiger partial charge in [0.15, 0.2) is 5.11 Å². The number of halogens is 1. The molecule has 2 aromatic carbocycles. The highest BCUT2D eigenvalue weighted by atomic mass is 35.5. The molecule has 0 radical (unpaired) electrons. The van der Waals surface area contributed by atoms with Crippen LogP contribution in [0.15, 0.2) is 42.5 Å². The Balaban J connectivity index is 1.55. The van der Waals surface area contributed by atoms with Gasteiger partial charge in [-0.05, 0) is 42.0 Å². The molecule has 1 saturated heterocycles. The van der Waals surface area contributed by atoms with Gasteiger partial charge in [-0.15, -0.1) is 0 Å². The van der Waals surface area contributed by atoms with E-state index in [-0.39, 0.29) is 5.69 Å². The van der Waals surface area contributed by atoms with Crippen LogP contribution in [-0.2, 0) is 6.54 Å². The molecule has 0 amide bonds. The molecule has 1 aliphatic rings. The normalized spacial score (nSPS) is 13.9. The molecule has 0 atom stereocenters. The zero-order valence-electron chi connectivity index (χ0n) is 15.4. The number of hydrogen-bond acceptors (Lipinski definition) is 5. The van der Waals surface area contributed by atoms with Crippen molar-refractivity contribution in [2.75, 3.05) is 38.2 Å². The van der Waals surface area contributed by atoms with Crippen LogP contribution < -0.4 is 15.0 Å². The van der Waals surface area contributed by atoms with Crippen LogP contribution in [0.3, 0.4) is 0 Å². The van der Waals surface area contributed by atoms with E-state index in [2.05, 4.69) is 10.2 Å². The first kappa shape index (κ1) is 20.2. The second-order valence-corrected chi connectivity index (χ2v) is 7.19. The van der Waals surface area contributed by atoms with E-state index in [1.807, 2.05) is 29.2 Å². The Bertz CT molecular complexity index is 855. The number of nitrogens with one attached hydrogen (secondary N) is 1. The Morgan fingerprint density at radius 1 is 1.21 bits per heavy atom. The van der Waals surface area contributed by atoms with Gasteiger partial charge in [0.25, 0.3) is 5.69 Å². The molecule has 1 heterocycles. The van der Waals surface area contributed by atoms with Crippen molar-refractivity contribution in [3.8, 4) is 5.75 Å². The first-order chi connectivity index (χ1) is 13.5. The second-order valence-electron chi connectivity index (χ2n) is 6.37. The number of nitrogens with zero attached hydrogens (tertiary/aromatic N) is 3. The molecule has 0 saturated carbocycles. The number of nitro benzene ring substituents is 1. The van der Waals surface area contributed by atoms with Gasteiger partial charge < -0.3 is 19.9 Å². The Hall–Kier alpha value is -2.58. The molecule has 0 unspecified atom stereocenters. The molecule has 9 heteroatoms. The van der Waals surface area contributed by atoms with Crippen molar-refractivity contribution in [1.82, 2.24) is 10.2 Å². The lowest BCUT2D eigenvalue weighted by molar-refractivity contribution is -0.384. The predicted molar refractivity (Wildman–Crippen MR) is 114 cm³/mol. The van der Waals surface area contributed by atoms with Crippen LogP contribution in [0.4, 0.5) is 11.4 Å². The summed E-state index contributed by atoms with van der Waals surface area (Å²) in [5, 5.41) is 15.6. The van der Waals surface area contributed by atoms with Crippen molar-refractivity contribution in [3.05, 3.63) is 63.2 Å². The van der Waals surface area contributed by atoms with E-state index in [0.717, 1.165) is 11.3 Å². The standard InChI is InChI=1S/C19H21ClN4O3S/c1-27-16-5-2-14(3-6-16)13-21-19(28)23-10-8-22(9-11-23)17-7-4-15(20)12-18(17)24(25)26/h2-7,12H,8-11,13H2,1H3,(H,21,28). The molecular weight excluding hydrogens is 400 g/mol. The van der Waals surface area contributed by atoms with E-state index < -0.39 is 4.92 Å². The number of hydrogen-bond donors (Lipinski definition) is 1. The average molecular weight is 421 g/mol. The van der Waals surface area contributed by atoms with Crippen molar-refractivity contribution in [2.45, 2.75) is 6.54 Å². The summed E-state index contributed by atoms with van der Waals surface area (Å²) in [6.07, 6.45) is 0. The van der Waals surface area contributed by atoms with E-state index in [1.165, 1.54) is 6.07 Å². The minimum absolute atomic E-state index is 0.0288. The fourth-order valence-corrected chi connectivity index (χ4v) is 3.51. The zero-order chi connectivity index (χ0) is 20.1. The average Bonchev–Trinajstić information content (AvgIpc) is 2.72. The summed E-state index contributed by atoms with van der Waals surface area (Å²) in [5.74, 6) is 0.818. The summed E-state index contributed by atoms with van der Waals surface area (Å²) in [6.45, 7) is 3.30. The third-order valence-electron chi connectivity index (χ3n) is 4.64. The highest BCUT2D eigenvalue weighted by Crippen LogP contribution is 2.31. The summed E-state index contributed by atoms with van der Waals surface area (Å²) in [4.78, 5) is 15.0. The smallest absolute Gasteiger partial charge is 0.294 e. The largest absolute Gasteiger partial charge is 0.497 e. The Kier molecular flexibility index (Phi) is 6.53. The van der Waals surface area contributed by atoms with Crippen molar-refractivity contribution >= 4 is 40.3 Å².